The number of fused-ring (bicyclic) bond motifs is 4. The first-order valence-electron chi connectivity index (χ1n) is 17.7. The van der Waals surface area contributed by atoms with Crippen LogP contribution in [0.5, 0.6) is 5.75 Å². The lowest BCUT2D eigenvalue weighted by atomic mass is 9.68. The molecule has 7 rings (SSSR count). The molecule has 270 valence electrons. The third kappa shape index (κ3) is 6.89. The van der Waals surface area contributed by atoms with E-state index in [1.165, 1.54) is 11.1 Å². The van der Waals surface area contributed by atoms with Crippen molar-refractivity contribution in [1.29, 1.82) is 0 Å². The van der Waals surface area contributed by atoms with E-state index in [0.717, 1.165) is 42.7 Å². The van der Waals surface area contributed by atoms with Crippen molar-refractivity contribution >= 4 is 44.7 Å². The van der Waals surface area contributed by atoms with E-state index >= 15 is 0 Å². The van der Waals surface area contributed by atoms with Crippen LogP contribution in [-0.2, 0) is 31.1 Å². The molecule has 1 N–H and O–H groups in total. The summed E-state index contributed by atoms with van der Waals surface area (Å²) in [6.45, 7) is 4.17. The Labute approximate surface area is 298 Å². The van der Waals surface area contributed by atoms with Gasteiger partial charge in [-0.2, -0.15) is 0 Å². The SMILES string of the molecule is C=S1(=O)NC(=O)c2ccc3c(c2)N(C[C@@H]2CC[C@H]2[C@@H](OCC(=O)N2CC(F)(F)C2)/C=C/C[C@H](C)[C@H]1C)C[C@@]1(CCCc2cc(Cl)ccc21)CO3. The van der Waals surface area contributed by atoms with Crippen molar-refractivity contribution in [2.45, 2.75) is 75.1 Å². The van der Waals surface area contributed by atoms with Crippen molar-refractivity contribution in [3.63, 3.8) is 0 Å². The molecule has 2 fully saturated rings. The van der Waals surface area contributed by atoms with Crippen LogP contribution in [0.15, 0.2) is 48.6 Å². The number of rotatable bonds is 3. The average Bonchev–Trinajstić information content (AvgIpc) is 3.19. The van der Waals surface area contributed by atoms with Gasteiger partial charge in [0.15, 0.2) is 0 Å². The summed E-state index contributed by atoms with van der Waals surface area (Å²) in [6.07, 6.45) is 8.83. The van der Waals surface area contributed by atoms with E-state index in [1.54, 1.807) is 6.07 Å². The van der Waals surface area contributed by atoms with Crippen LogP contribution in [0, 0.1) is 17.8 Å². The Kier molecular flexibility index (Phi) is 9.48. The van der Waals surface area contributed by atoms with Gasteiger partial charge in [0, 0.05) is 34.3 Å². The third-order valence-electron chi connectivity index (χ3n) is 11.7. The lowest BCUT2D eigenvalue weighted by Gasteiger charge is -2.46. The highest BCUT2D eigenvalue weighted by Gasteiger charge is 2.47. The van der Waals surface area contributed by atoms with Gasteiger partial charge in [0.25, 0.3) is 11.8 Å². The van der Waals surface area contributed by atoms with Gasteiger partial charge in [-0.25, -0.2) is 13.0 Å². The predicted molar refractivity (Wildman–Crippen MR) is 193 cm³/mol. The standard InChI is InChI=1S/C38H46ClF2N3O5S/c1-24-6-4-8-33(48-19-35(45)44-21-38(40,41)22-44)30-12-9-28(30)18-43-20-37(15-5-7-26-16-29(39)11-13-31(26)37)23-49-34-14-10-27(17-32(34)43)36(46)42-50(3,47)25(24)2/h4,8,10-11,13-14,16-17,24-25,28,30,33H,3,5-7,9,12,15,18-23H2,1-2H3,(H,42,46,47)/b8-4+/t24-,25+,28-,30+,33-,37-,50?/m0/s1. The number of aryl methyl sites for hydroxylation is 1. The van der Waals surface area contributed by atoms with Gasteiger partial charge in [0.1, 0.15) is 12.4 Å². The minimum atomic E-state index is -3.03. The number of amides is 2. The number of nitrogens with one attached hydrogen (secondary N) is 1. The van der Waals surface area contributed by atoms with Crippen LogP contribution in [-0.4, -0.2) is 83.5 Å². The second-order valence-electron chi connectivity index (χ2n) is 15.2. The quantitative estimate of drug-likeness (QED) is 0.306. The van der Waals surface area contributed by atoms with Crippen LogP contribution < -0.4 is 14.4 Å². The smallest absolute Gasteiger partial charge is 0.282 e. The summed E-state index contributed by atoms with van der Waals surface area (Å²) in [4.78, 5) is 29.9. The fraction of sp³-hybridized carbons (Fsp3) is 0.553. The molecule has 2 bridgehead atoms. The summed E-state index contributed by atoms with van der Waals surface area (Å²) in [6, 6.07) is 11.5. The maximum Gasteiger partial charge on any atom is 0.282 e. The molecule has 0 aromatic heterocycles. The number of likely N-dealkylation sites (tertiary alicyclic amines) is 1. The number of hydrogen-bond acceptors (Lipinski definition) is 6. The molecular weight excluding hydrogens is 684 g/mol. The minimum Gasteiger partial charge on any atom is -0.490 e. The monoisotopic (exact) mass is 729 g/mol. The zero-order chi connectivity index (χ0) is 35.4. The molecular formula is C38H46ClF2N3O5S. The molecule has 3 aliphatic heterocycles. The first-order chi connectivity index (χ1) is 23.7. The van der Waals surface area contributed by atoms with Gasteiger partial charge in [-0.1, -0.05) is 36.7 Å². The van der Waals surface area contributed by atoms with Crippen molar-refractivity contribution in [3.8, 4) is 5.75 Å². The Morgan fingerprint density at radius 2 is 1.96 bits per heavy atom. The number of hydrogen-bond donors (Lipinski definition) is 1. The number of carbonyl (C=O) groups is 2. The summed E-state index contributed by atoms with van der Waals surface area (Å²) in [5, 5.41) is 0.276. The molecule has 0 radical (unpaired) electrons. The molecule has 8 nitrogen and oxygen atoms in total. The van der Waals surface area contributed by atoms with Crippen molar-refractivity contribution in [2.75, 3.05) is 44.3 Å². The van der Waals surface area contributed by atoms with Crippen molar-refractivity contribution in [1.82, 2.24) is 9.62 Å². The Morgan fingerprint density at radius 1 is 1.16 bits per heavy atom. The Hall–Kier alpha value is -3.15. The highest BCUT2D eigenvalue weighted by molar-refractivity contribution is 7.99. The maximum absolute atomic E-state index is 13.8. The number of carbonyl (C=O) groups excluding carboxylic acids is 2. The van der Waals surface area contributed by atoms with Crippen molar-refractivity contribution < 1.29 is 32.1 Å². The first-order valence-corrected chi connectivity index (χ1v) is 19.8. The van der Waals surface area contributed by atoms with Crippen LogP contribution in [0.25, 0.3) is 0 Å². The number of alkyl halides is 2. The highest BCUT2D eigenvalue weighted by Crippen LogP contribution is 2.47. The molecule has 2 aliphatic carbocycles. The molecule has 2 aromatic carbocycles. The van der Waals surface area contributed by atoms with Crippen molar-refractivity contribution in [3.05, 3.63) is 70.3 Å². The Balaban J connectivity index is 1.24. The van der Waals surface area contributed by atoms with E-state index in [0.29, 0.717) is 42.5 Å². The van der Waals surface area contributed by atoms with Crippen LogP contribution in [0.2, 0.25) is 5.02 Å². The zero-order valence-corrected chi connectivity index (χ0v) is 30.2. The molecule has 1 spiro atoms. The van der Waals surface area contributed by atoms with E-state index in [4.69, 9.17) is 21.1 Å². The number of allylic oxidation sites excluding steroid dienone is 1. The summed E-state index contributed by atoms with van der Waals surface area (Å²) >= 11 is 6.44. The highest BCUT2D eigenvalue weighted by atomic mass is 35.5. The predicted octanol–water partition coefficient (Wildman–Crippen LogP) is 6.05. The maximum atomic E-state index is 13.8. The van der Waals surface area contributed by atoms with Gasteiger partial charge < -0.3 is 19.3 Å². The Morgan fingerprint density at radius 3 is 2.70 bits per heavy atom. The molecule has 1 unspecified atom stereocenters. The second kappa shape index (κ2) is 13.4. The summed E-state index contributed by atoms with van der Waals surface area (Å²) < 4.78 is 56.5. The van der Waals surface area contributed by atoms with Crippen molar-refractivity contribution in [2.24, 2.45) is 17.8 Å². The normalized spacial score (nSPS) is 34.2. The van der Waals surface area contributed by atoms with Crippen LogP contribution in [0.3, 0.4) is 0 Å². The second-order valence-corrected chi connectivity index (χ2v) is 18.0. The molecule has 50 heavy (non-hydrogen) atoms. The summed E-state index contributed by atoms with van der Waals surface area (Å²) in [5.41, 5.74) is 3.33. The molecule has 3 heterocycles. The van der Waals surface area contributed by atoms with Crippen LogP contribution in [0.4, 0.5) is 14.5 Å². The largest absolute Gasteiger partial charge is 0.490 e. The number of benzene rings is 2. The van der Waals surface area contributed by atoms with E-state index in [9.17, 15) is 22.6 Å². The molecule has 5 aliphatic rings. The zero-order valence-electron chi connectivity index (χ0n) is 28.7. The van der Waals surface area contributed by atoms with Crippen LogP contribution in [0.1, 0.15) is 67.4 Å². The van der Waals surface area contributed by atoms with E-state index in [2.05, 4.69) is 27.6 Å². The molecule has 7 atom stereocenters. The fourth-order valence-corrected chi connectivity index (χ4v) is 10.0. The summed E-state index contributed by atoms with van der Waals surface area (Å²) in [5.74, 6) is 1.11. The number of anilines is 1. The number of ether oxygens (including phenoxy) is 2. The van der Waals surface area contributed by atoms with Crippen LogP contribution >= 0.6 is 11.6 Å². The fourth-order valence-electron chi connectivity index (χ4n) is 8.36. The molecule has 2 aromatic rings. The number of halogens is 3. The Bertz CT molecular complexity index is 1800. The lowest BCUT2D eigenvalue weighted by Crippen LogP contribution is -2.59. The lowest BCUT2D eigenvalue weighted by molar-refractivity contribution is -0.171. The van der Waals surface area contributed by atoms with Gasteiger partial charge in [-0.3, -0.25) is 14.3 Å². The molecule has 2 amide bonds. The van der Waals surface area contributed by atoms with E-state index in [-0.39, 0.29) is 29.8 Å². The minimum absolute atomic E-state index is 0.0853. The van der Waals surface area contributed by atoms with E-state index in [1.807, 2.05) is 44.2 Å². The summed E-state index contributed by atoms with van der Waals surface area (Å²) in [7, 11) is -3.03. The van der Waals surface area contributed by atoms with Gasteiger partial charge >= 0.3 is 0 Å². The van der Waals surface area contributed by atoms with Gasteiger partial charge in [-0.05, 0) is 111 Å². The van der Waals surface area contributed by atoms with E-state index < -0.39 is 51.9 Å². The molecule has 1 saturated carbocycles. The van der Waals surface area contributed by atoms with Gasteiger partial charge in [0.05, 0.1) is 41.2 Å². The first kappa shape index (κ1) is 35.3. The number of nitrogens with zero attached hydrogens (tertiary/aromatic N) is 2. The third-order valence-corrected chi connectivity index (χ3v) is 14.2. The topological polar surface area (TPSA) is 88.2 Å². The average molecular weight is 730 g/mol. The van der Waals surface area contributed by atoms with Gasteiger partial charge in [0.2, 0.25) is 5.91 Å². The molecule has 12 heteroatoms. The van der Waals surface area contributed by atoms with Gasteiger partial charge in [-0.15, -0.1) is 0 Å². The molecule has 1 saturated heterocycles.